The van der Waals surface area contributed by atoms with Gasteiger partial charge in [-0.2, -0.15) is 5.26 Å². The topological polar surface area (TPSA) is 52.3 Å². The second-order valence-corrected chi connectivity index (χ2v) is 6.20. The predicted octanol–water partition coefficient (Wildman–Crippen LogP) is 1.55. The van der Waals surface area contributed by atoms with E-state index in [4.69, 9.17) is 6.42 Å². The summed E-state index contributed by atoms with van der Waals surface area (Å²) in [5, 5.41) is 10.5. The molecule has 0 bridgehead atoms. The highest BCUT2D eigenvalue weighted by Crippen LogP contribution is 2.31. The smallest absolute Gasteiger partial charge is 0.270 e. The van der Waals surface area contributed by atoms with Gasteiger partial charge in [0.1, 0.15) is 11.6 Å². The van der Waals surface area contributed by atoms with Crippen LogP contribution in [0.4, 0.5) is 5.69 Å². The van der Waals surface area contributed by atoms with Gasteiger partial charge in [0.25, 0.3) is 5.56 Å². The molecule has 1 unspecified atom stereocenters. The summed E-state index contributed by atoms with van der Waals surface area (Å²) >= 11 is 0. The molecule has 24 heavy (non-hydrogen) atoms. The van der Waals surface area contributed by atoms with Gasteiger partial charge in [-0.15, -0.1) is 6.42 Å². The van der Waals surface area contributed by atoms with Crippen molar-refractivity contribution in [3.8, 4) is 18.4 Å². The van der Waals surface area contributed by atoms with Crippen molar-refractivity contribution in [2.45, 2.75) is 13.0 Å². The molecule has 0 radical (unpaired) electrons. The van der Waals surface area contributed by atoms with E-state index >= 15 is 0 Å². The van der Waals surface area contributed by atoms with Crippen LogP contribution < -0.4 is 10.5 Å². The summed E-state index contributed by atoms with van der Waals surface area (Å²) in [4.78, 5) is 17.0. The standard InChI is InChI=1S/C19H20N4O/c1-4-9-22-10-11-23(14(2)13-22)18-15-7-5-6-8-17(15)21(3)19(24)16(18)12-20/h1,5-8,14H,9-11,13H2,2-3H3. The third kappa shape index (κ3) is 2.54. The number of piperazine rings is 1. The van der Waals surface area contributed by atoms with Crippen LogP contribution in [0, 0.1) is 23.7 Å². The van der Waals surface area contributed by atoms with Crippen molar-refractivity contribution < 1.29 is 0 Å². The fourth-order valence-electron chi connectivity index (χ4n) is 3.52. The summed E-state index contributed by atoms with van der Waals surface area (Å²) < 4.78 is 1.55. The van der Waals surface area contributed by atoms with E-state index in [0.717, 1.165) is 36.2 Å². The summed E-state index contributed by atoms with van der Waals surface area (Å²) in [7, 11) is 1.71. The van der Waals surface area contributed by atoms with Gasteiger partial charge in [0, 0.05) is 38.1 Å². The molecule has 1 aromatic heterocycles. The zero-order valence-corrected chi connectivity index (χ0v) is 14.0. The Kier molecular flexibility index (Phi) is 4.29. The zero-order chi connectivity index (χ0) is 17.3. The van der Waals surface area contributed by atoms with E-state index in [-0.39, 0.29) is 17.2 Å². The van der Waals surface area contributed by atoms with E-state index in [9.17, 15) is 10.1 Å². The zero-order valence-electron chi connectivity index (χ0n) is 14.0. The number of nitriles is 1. The maximum absolute atomic E-state index is 12.6. The quantitative estimate of drug-likeness (QED) is 0.788. The summed E-state index contributed by atoms with van der Waals surface area (Å²) in [5.41, 5.74) is 1.57. The average molecular weight is 320 g/mol. The Morgan fingerprint density at radius 1 is 1.33 bits per heavy atom. The number of pyridine rings is 1. The highest BCUT2D eigenvalue weighted by atomic mass is 16.1. The Bertz CT molecular complexity index is 916. The number of terminal acetylenes is 1. The van der Waals surface area contributed by atoms with Gasteiger partial charge in [0.2, 0.25) is 0 Å². The molecule has 0 aliphatic carbocycles. The number of rotatable bonds is 2. The van der Waals surface area contributed by atoms with Gasteiger partial charge in [0.15, 0.2) is 0 Å². The molecule has 3 rings (SSSR count). The van der Waals surface area contributed by atoms with Gasteiger partial charge in [-0.1, -0.05) is 24.1 Å². The van der Waals surface area contributed by atoms with E-state index in [0.29, 0.717) is 6.54 Å². The summed E-state index contributed by atoms with van der Waals surface area (Å²) in [6, 6.07) is 10.1. The first kappa shape index (κ1) is 16.1. The minimum absolute atomic E-state index is 0.176. The second kappa shape index (κ2) is 6.39. The molecule has 0 amide bonds. The number of aromatic nitrogens is 1. The normalized spacial score (nSPS) is 18.3. The van der Waals surface area contributed by atoms with Gasteiger partial charge >= 0.3 is 0 Å². The van der Waals surface area contributed by atoms with E-state index in [2.05, 4.69) is 28.7 Å². The summed E-state index contributed by atoms with van der Waals surface area (Å²) in [5.74, 6) is 2.68. The summed E-state index contributed by atoms with van der Waals surface area (Å²) in [6.45, 7) is 5.12. The Labute approximate surface area is 141 Å². The molecular formula is C19H20N4O. The Balaban J connectivity index is 2.17. The SMILES string of the molecule is C#CCN1CCN(c2c(C#N)c(=O)n(C)c3ccccc23)C(C)C1. The molecule has 5 nitrogen and oxygen atoms in total. The van der Waals surface area contributed by atoms with Gasteiger partial charge in [-0.25, -0.2) is 0 Å². The van der Waals surface area contributed by atoms with Crippen LogP contribution in [0.1, 0.15) is 12.5 Å². The molecular weight excluding hydrogens is 300 g/mol. The van der Waals surface area contributed by atoms with Crippen LogP contribution >= 0.6 is 0 Å². The minimum Gasteiger partial charge on any atom is -0.364 e. The van der Waals surface area contributed by atoms with Crippen LogP contribution in [-0.4, -0.2) is 41.7 Å². The van der Waals surface area contributed by atoms with Gasteiger partial charge in [0.05, 0.1) is 17.7 Å². The van der Waals surface area contributed by atoms with Crippen molar-refractivity contribution in [1.82, 2.24) is 9.47 Å². The molecule has 2 aromatic rings. The highest BCUT2D eigenvalue weighted by Gasteiger charge is 2.28. The van der Waals surface area contributed by atoms with Gasteiger partial charge in [-0.05, 0) is 13.0 Å². The van der Waals surface area contributed by atoms with E-state index in [1.807, 2.05) is 24.3 Å². The lowest BCUT2D eigenvalue weighted by Crippen LogP contribution is -2.52. The fourth-order valence-corrected chi connectivity index (χ4v) is 3.52. The first-order chi connectivity index (χ1) is 11.6. The lowest BCUT2D eigenvalue weighted by Gasteiger charge is -2.41. The number of aryl methyl sites for hydroxylation is 1. The van der Waals surface area contributed by atoms with Crippen molar-refractivity contribution in [3.63, 3.8) is 0 Å². The van der Waals surface area contributed by atoms with Crippen molar-refractivity contribution in [3.05, 3.63) is 40.2 Å². The third-order valence-electron chi connectivity index (χ3n) is 4.70. The van der Waals surface area contributed by atoms with Crippen LogP contribution in [0.15, 0.2) is 29.1 Å². The summed E-state index contributed by atoms with van der Waals surface area (Å²) in [6.07, 6.45) is 5.41. The molecule has 1 atom stereocenters. The van der Waals surface area contributed by atoms with Gasteiger partial charge in [-0.3, -0.25) is 9.69 Å². The Hall–Kier alpha value is -2.76. The number of hydrogen-bond donors (Lipinski definition) is 0. The molecule has 0 N–H and O–H groups in total. The van der Waals surface area contributed by atoms with E-state index in [1.165, 1.54) is 0 Å². The van der Waals surface area contributed by atoms with Crippen molar-refractivity contribution >= 4 is 16.6 Å². The molecule has 1 aromatic carbocycles. The third-order valence-corrected chi connectivity index (χ3v) is 4.70. The van der Waals surface area contributed by atoms with Crippen LogP contribution in [0.2, 0.25) is 0 Å². The Morgan fingerprint density at radius 3 is 2.75 bits per heavy atom. The number of benzene rings is 1. The monoisotopic (exact) mass is 320 g/mol. The number of nitrogens with zero attached hydrogens (tertiary/aromatic N) is 4. The maximum Gasteiger partial charge on any atom is 0.270 e. The lowest BCUT2D eigenvalue weighted by molar-refractivity contribution is 0.254. The number of hydrogen-bond acceptors (Lipinski definition) is 4. The van der Waals surface area contributed by atoms with Gasteiger partial charge < -0.3 is 9.47 Å². The van der Waals surface area contributed by atoms with Crippen molar-refractivity contribution in [1.29, 1.82) is 5.26 Å². The first-order valence-corrected chi connectivity index (χ1v) is 8.02. The number of anilines is 1. The van der Waals surface area contributed by atoms with Crippen molar-refractivity contribution in [2.24, 2.45) is 7.05 Å². The first-order valence-electron chi connectivity index (χ1n) is 8.02. The largest absolute Gasteiger partial charge is 0.364 e. The molecule has 5 heteroatoms. The predicted molar refractivity (Wildman–Crippen MR) is 96.0 cm³/mol. The van der Waals surface area contributed by atoms with Crippen molar-refractivity contribution in [2.75, 3.05) is 31.1 Å². The van der Waals surface area contributed by atoms with E-state index in [1.54, 1.807) is 11.6 Å². The number of para-hydroxylation sites is 1. The maximum atomic E-state index is 12.6. The van der Waals surface area contributed by atoms with Crippen LogP contribution in [-0.2, 0) is 7.05 Å². The highest BCUT2D eigenvalue weighted by molar-refractivity contribution is 5.95. The second-order valence-electron chi connectivity index (χ2n) is 6.20. The van der Waals surface area contributed by atoms with Crippen LogP contribution in [0.25, 0.3) is 10.9 Å². The molecule has 1 aliphatic rings. The van der Waals surface area contributed by atoms with E-state index < -0.39 is 0 Å². The molecule has 2 heterocycles. The average Bonchev–Trinajstić information content (AvgIpc) is 2.59. The molecule has 0 saturated carbocycles. The molecule has 1 saturated heterocycles. The lowest BCUT2D eigenvalue weighted by atomic mass is 10.0. The minimum atomic E-state index is -0.246. The molecule has 1 aliphatic heterocycles. The fraction of sp³-hybridized carbons (Fsp3) is 0.368. The number of fused-ring (bicyclic) bond motifs is 1. The molecule has 122 valence electrons. The van der Waals surface area contributed by atoms with Crippen LogP contribution in [0.3, 0.4) is 0 Å². The Morgan fingerprint density at radius 2 is 2.08 bits per heavy atom. The van der Waals surface area contributed by atoms with Crippen LogP contribution in [0.5, 0.6) is 0 Å². The molecule has 1 fully saturated rings. The molecule has 0 spiro atoms.